The SMILES string of the molecule is CC(=O)N(Cc1ccccc1)c1ccc(C2=CCN(C(=O)O)CC2)cc1. The summed E-state index contributed by atoms with van der Waals surface area (Å²) < 4.78 is 0. The maximum Gasteiger partial charge on any atom is 0.407 e. The predicted molar refractivity (Wildman–Crippen MR) is 102 cm³/mol. The van der Waals surface area contributed by atoms with E-state index < -0.39 is 6.09 Å². The molecule has 0 saturated heterocycles. The van der Waals surface area contributed by atoms with E-state index in [0.717, 1.165) is 22.4 Å². The lowest BCUT2D eigenvalue weighted by molar-refractivity contribution is -0.116. The van der Waals surface area contributed by atoms with E-state index in [4.69, 9.17) is 5.11 Å². The van der Waals surface area contributed by atoms with E-state index in [1.165, 1.54) is 4.90 Å². The topological polar surface area (TPSA) is 60.9 Å². The fourth-order valence-electron chi connectivity index (χ4n) is 3.11. The van der Waals surface area contributed by atoms with E-state index in [1.54, 1.807) is 11.8 Å². The molecule has 1 aliphatic heterocycles. The number of hydrogen-bond donors (Lipinski definition) is 1. The van der Waals surface area contributed by atoms with E-state index in [1.807, 2.05) is 60.7 Å². The molecule has 5 nitrogen and oxygen atoms in total. The highest BCUT2D eigenvalue weighted by molar-refractivity contribution is 5.91. The van der Waals surface area contributed by atoms with Crippen LogP contribution >= 0.6 is 0 Å². The summed E-state index contributed by atoms with van der Waals surface area (Å²) in [5.41, 5.74) is 4.15. The van der Waals surface area contributed by atoms with Gasteiger partial charge in [-0.05, 0) is 35.3 Å². The van der Waals surface area contributed by atoms with Crippen LogP contribution in [0.5, 0.6) is 0 Å². The molecular formula is C21H22N2O3. The molecular weight excluding hydrogens is 328 g/mol. The molecule has 5 heteroatoms. The number of hydrogen-bond acceptors (Lipinski definition) is 2. The third-order valence-electron chi connectivity index (χ3n) is 4.59. The Morgan fingerprint density at radius 1 is 1.08 bits per heavy atom. The summed E-state index contributed by atoms with van der Waals surface area (Å²) in [5.74, 6) is -0.00409. The maximum absolute atomic E-state index is 12.1. The molecule has 2 aromatic rings. The normalized spacial score (nSPS) is 13.9. The zero-order valence-corrected chi connectivity index (χ0v) is 14.8. The second-order valence-corrected chi connectivity index (χ2v) is 6.35. The molecule has 0 spiro atoms. The molecule has 0 atom stereocenters. The van der Waals surface area contributed by atoms with Crippen LogP contribution in [0.3, 0.4) is 0 Å². The first kappa shape index (κ1) is 17.7. The number of carbonyl (C=O) groups is 2. The predicted octanol–water partition coefficient (Wildman–Crippen LogP) is 4.01. The number of carbonyl (C=O) groups excluding carboxylic acids is 1. The molecule has 0 fully saturated rings. The van der Waals surface area contributed by atoms with Crippen molar-refractivity contribution >= 4 is 23.3 Å². The highest BCUT2D eigenvalue weighted by Gasteiger charge is 2.17. The van der Waals surface area contributed by atoms with Crippen LogP contribution in [0.4, 0.5) is 10.5 Å². The second-order valence-electron chi connectivity index (χ2n) is 6.35. The molecule has 1 heterocycles. The molecule has 0 bridgehead atoms. The number of benzene rings is 2. The zero-order valence-electron chi connectivity index (χ0n) is 14.8. The number of rotatable bonds is 4. The summed E-state index contributed by atoms with van der Waals surface area (Å²) >= 11 is 0. The van der Waals surface area contributed by atoms with Crippen molar-refractivity contribution in [1.29, 1.82) is 0 Å². The van der Waals surface area contributed by atoms with Crippen LogP contribution in [0, 0.1) is 0 Å². The van der Waals surface area contributed by atoms with E-state index in [9.17, 15) is 9.59 Å². The van der Waals surface area contributed by atoms with Gasteiger partial charge in [0.25, 0.3) is 0 Å². The lowest BCUT2D eigenvalue weighted by atomic mass is 9.99. The molecule has 134 valence electrons. The van der Waals surface area contributed by atoms with Crippen LogP contribution in [0.2, 0.25) is 0 Å². The van der Waals surface area contributed by atoms with Gasteiger partial charge >= 0.3 is 6.09 Å². The lowest BCUT2D eigenvalue weighted by Crippen LogP contribution is -2.33. The van der Waals surface area contributed by atoms with E-state index in [0.29, 0.717) is 26.1 Å². The van der Waals surface area contributed by atoms with Crippen molar-refractivity contribution < 1.29 is 14.7 Å². The molecule has 3 rings (SSSR count). The average Bonchev–Trinajstić information content (AvgIpc) is 2.67. The first-order valence-electron chi connectivity index (χ1n) is 8.64. The molecule has 0 unspecified atom stereocenters. The van der Waals surface area contributed by atoms with E-state index in [2.05, 4.69) is 0 Å². The molecule has 2 aromatic carbocycles. The van der Waals surface area contributed by atoms with Crippen LogP contribution in [-0.4, -0.2) is 35.1 Å². The Morgan fingerprint density at radius 2 is 1.77 bits per heavy atom. The largest absolute Gasteiger partial charge is 0.465 e. The summed E-state index contributed by atoms with van der Waals surface area (Å²) in [7, 11) is 0. The monoisotopic (exact) mass is 350 g/mol. The summed E-state index contributed by atoms with van der Waals surface area (Å²) in [6, 6.07) is 17.8. The Labute approximate surface area is 153 Å². The minimum Gasteiger partial charge on any atom is -0.465 e. The third-order valence-corrected chi connectivity index (χ3v) is 4.59. The van der Waals surface area contributed by atoms with E-state index in [-0.39, 0.29) is 5.91 Å². The molecule has 2 amide bonds. The Morgan fingerprint density at radius 3 is 2.31 bits per heavy atom. The van der Waals surface area contributed by atoms with Crippen LogP contribution in [-0.2, 0) is 11.3 Å². The van der Waals surface area contributed by atoms with Crippen LogP contribution in [0.1, 0.15) is 24.5 Å². The lowest BCUT2D eigenvalue weighted by Gasteiger charge is -2.25. The highest BCUT2D eigenvalue weighted by Crippen LogP contribution is 2.26. The van der Waals surface area contributed by atoms with Crippen molar-refractivity contribution in [2.45, 2.75) is 19.9 Å². The number of anilines is 1. The van der Waals surface area contributed by atoms with Crippen molar-refractivity contribution in [3.05, 3.63) is 71.8 Å². The van der Waals surface area contributed by atoms with Gasteiger partial charge in [-0.25, -0.2) is 4.79 Å². The summed E-state index contributed by atoms with van der Waals surface area (Å²) in [6.45, 7) is 3.03. The van der Waals surface area contributed by atoms with Crippen molar-refractivity contribution in [2.75, 3.05) is 18.0 Å². The van der Waals surface area contributed by atoms with Gasteiger partial charge < -0.3 is 14.9 Å². The minimum absolute atomic E-state index is 0.00409. The smallest absolute Gasteiger partial charge is 0.407 e. The number of amides is 2. The van der Waals surface area contributed by atoms with Gasteiger partial charge in [0, 0.05) is 25.7 Å². The zero-order chi connectivity index (χ0) is 18.5. The van der Waals surface area contributed by atoms with Gasteiger partial charge in [-0.2, -0.15) is 0 Å². The van der Waals surface area contributed by atoms with Gasteiger partial charge in [0.2, 0.25) is 5.91 Å². The van der Waals surface area contributed by atoms with Crippen molar-refractivity contribution in [1.82, 2.24) is 4.90 Å². The minimum atomic E-state index is -0.881. The van der Waals surface area contributed by atoms with Gasteiger partial charge in [0.15, 0.2) is 0 Å². The van der Waals surface area contributed by atoms with Gasteiger partial charge in [-0.15, -0.1) is 0 Å². The Kier molecular flexibility index (Phi) is 5.37. The van der Waals surface area contributed by atoms with E-state index >= 15 is 0 Å². The fourth-order valence-corrected chi connectivity index (χ4v) is 3.11. The fraction of sp³-hybridized carbons (Fsp3) is 0.238. The van der Waals surface area contributed by atoms with Crippen molar-refractivity contribution in [3.8, 4) is 0 Å². The molecule has 0 radical (unpaired) electrons. The Hall–Kier alpha value is -3.08. The molecule has 0 aromatic heterocycles. The van der Waals surface area contributed by atoms with Crippen molar-refractivity contribution in [3.63, 3.8) is 0 Å². The Balaban J connectivity index is 1.75. The van der Waals surface area contributed by atoms with Crippen LogP contribution < -0.4 is 4.90 Å². The number of carboxylic acid groups (broad SMARTS) is 1. The highest BCUT2D eigenvalue weighted by atomic mass is 16.4. The Bertz CT molecular complexity index is 813. The maximum atomic E-state index is 12.1. The number of nitrogens with zero attached hydrogens (tertiary/aromatic N) is 2. The quantitative estimate of drug-likeness (QED) is 0.906. The van der Waals surface area contributed by atoms with Crippen molar-refractivity contribution in [2.24, 2.45) is 0 Å². The van der Waals surface area contributed by atoms with Gasteiger partial charge in [0.1, 0.15) is 0 Å². The van der Waals surface area contributed by atoms with Crippen LogP contribution in [0.15, 0.2) is 60.7 Å². The molecule has 26 heavy (non-hydrogen) atoms. The van der Waals surface area contributed by atoms with Gasteiger partial charge in [0.05, 0.1) is 6.54 Å². The van der Waals surface area contributed by atoms with Crippen LogP contribution in [0.25, 0.3) is 5.57 Å². The molecule has 1 aliphatic rings. The summed E-state index contributed by atoms with van der Waals surface area (Å²) in [4.78, 5) is 26.2. The molecule has 0 saturated carbocycles. The standard InChI is InChI=1S/C21H22N2O3/c1-16(24)23(15-17-5-3-2-4-6-17)20-9-7-18(8-10-20)19-11-13-22(14-12-19)21(25)26/h2-11H,12-15H2,1H3,(H,25,26). The van der Waals surface area contributed by atoms with Gasteiger partial charge in [-0.3, -0.25) is 4.79 Å². The second kappa shape index (κ2) is 7.87. The van der Waals surface area contributed by atoms with Gasteiger partial charge in [-0.1, -0.05) is 48.5 Å². The third kappa shape index (κ3) is 4.11. The molecule has 1 N–H and O–H groups in total. The molecule has 0 aliphatic carbocycles. The summed E-state index contributed by atoms with van der Waals surface area (Å²) in [5, 5.41) is 9.02. The first-order chi connectivity index (χ1) is 12.5. The summed E-state index contributed by atoms with van der Waals surface area (Å²) in [6.07, 6.45) is 1.78. The first-order valence-corrected chi connectivity index (χ1v) is 8.64. The average molecular weight is 350 g/mol.